The molecule has 66 valence electrons. The van der Waals surface area contributed by atoms with Crippen molar-refractivity contribution in [2.75, 3.05) is 0 Å². The van der Waals surface area contributed by atoms with Gasteiger partial charge in [-0.15, -0.1) is 0 Å². The molecule has 1 fully saturated rings. The summed E-state index contributed by atoms with van der Waals surface area (Å²) in [5.74, 6) is 1.25. The van der Waals surface area contributed by atoms with Crippen LogP contribution in [0.1, 0.15) is 32.6 Å². The van der Waals surface area contributed by atoms with Gasteiger partial charge in [-0.3, -0.25) is 0 Å². The molecule has 12 heavy (non-hydrogen) atoms. The number of aldehydes is 1. The predicted octanol–water partition coefficient (Wildman–Crippen LogP) is 2.57. The molecule has 0 bridgehead atoms. The Morgan fingerprint density at radius 1 is 1.42 bits per heavy atom. The van der Waals surface area contributed by atoms with Crippen molar-refractivity contribution in [2.45, 2.75) is 32.6 Å². The number of fused-ring (bicyclic) bond motifs is 1. The molecule has 0 aliphatic heterocycles. The van der Waals surface area contributed by atoms with Gasteiger partial charge in [0.15, 0.2) is 0 Å². The van der Waals surface area contributed by atoms with Gasteiger partial charge in [0.05, 0.1) is 0 Å². The Kier molecular flexibility index (Phi) is 1.82. The van der Waals surface area contributed by atoms with E-state index in [1.165, 1.54) is 19.1 Å². The van der Waals surface area contributed by atoms with Crippen molar-refractivity contribution in [2.24, 2.45) is 17.3 Å². The molecule has 1 saturated carbocycles. The molecule has 1 nitrogen and oxygen atoms in total. The topological polar surface area (TPSA) is 17.1 Å². The molecule has 0 radical (unpaired) electrons. The van der Waals surface area contributed by atoms with Gasteiger partial charge in [-0.1, -0.05) is 19.1 Å². The third kappa shape index (κ3) is 0.886. The van der Waals surface area contributed by atoms with Gasteiger partial charge in [0.25, 0.3) is 0 Å². The van der Waals surface area contributed by atoms with E-state index in [0.29, 0.717) is 11.8 Å². The van der Waals surface area contributed by atoms with E-state index in [0.717, 1.165) is 12.8 Å². The van der Waals surface area contributed by atoms with E-state index in [9.17, 15) is 4.79 Å². The first kappa shape index (κ1) is 8.03. The summed E-state index contributed by atoms with van der Waals surface area (Å²) in [6.07, 6.45) is 10.3. The van der Waals surface area contributed by atoms with Gasteiger partial charge in [0.2, 0.25) is 0 Å². The summed E-state index contributed by atoms with van der Waals surface area (Å²) in [5, 5.41) is 0. The van der Waals surface area contributed by atoms with Gasteiger partial charge < -0.3 is 4.79 Å². The summed E-state index contributed by atoms with van der Waals surface area (Å²) < 4.78 is 0. The number of allylic oxidation sites excluding steroid dienone is 2. The number of carbonyl (C=O) groups excluding carboxylic acids is 1. The van der Waals surface area contributed by atoms with Gasteiger partial charge in [0.1, 0.15) is 6.29 Å². The molecular formula is C11H16O. The summed E-state index contributed by atoms with van der Waals surface area (Å²) in [6.45, 7) is 2.23. The molecule has 1 heteroatoms. The van der Waals surface area contributed by atoms with E-state index in [1.807, 2.05) is 0 Å². The highest BCUT2D eigenvalue weighted by molar-refractivity contribution is 5.62. The lowest BCUT2D eigenvalue weighted by molar-refractivity contribution is -0.120. The van der Waals surface area contributed by atoms with Crippen LogP contribution in [0.2, 0.25) is 0 Å². The first-order valence-electron chi connectivity index (χ1n) is 4.91. The minimum Gasteiger partial charge on any atom is -0.303 e. The van der Waals surface area contributed by atoms with E-state index >= 15 is 0 Å². The third-order valence-electron chi connectivity index (χ3n) is 3.90. The first-order chi connectivity index (χ1) is 5.79. The van der Waals surface area contributed by atoms with Crippen molar-refractivity contribution in [1.82, 2.24) is 0 Å². The second kappa shape index (κ2) is 2.72. The van der Waals surface area contributed by atoms with E-state index in [4.69, 9.17) is 0 Å². The lowest BCUT2D eigenvalue weighted by atomic mass is 9.68. The summed E-state index contributed by atoms with van der Waals surface area (Å²) in [5.41, 5.74) is 0.0226. The average molecular weight is 164 g/mol. The maximum Gasteiger partial charge on any atom is 0.127 e. The lowest BCUT2D eigenvalue weighted by Gasteiger charge is -2.35. The zero-order chi connectivity index (χ0) is 8.60. The van der Waals surface area contributed by atoms with Gasteiger partial charge in [-0.05, 0) is 37.5 Å². The van der Waals surface area contributed by atoms with Crippen LogP contribution in [-0.4, -0.2) is 6.29 Å². The van der Waals surface area contributed by atoms with E-state index in [-0.39, 0.29) is 5.41 Å². The maximum atomic E-state index is 11.1. The second-order valence-corrected chi connectivity index (χ2v) is 4.32. The van der Waals surface area contributed by atoms with Crippen LogP contribution in [0.15, 0.2) is 12.2 Å². The Hall–Kier alpha value is -0.590. The molecule has 0 aromatic carbocycles. The van der Waals surface area contributed by atoms with Gasteiger partial charge in [-0.25, -0.2) is 0 Å². The van der Waals surface area contributed by atoms with Gasteiger partial charge in [-0.2, -0.15) is 0 Å². The first-order valence-corrected chi connectivity index (χ1v) is 4.91. The minimum atomic E-state index is 0.0226. The molecule has 0 unspecified atom stereocenters. The Bertz CT molecular complexity index is 219. The second-order valence-electron chi connectivity index (χ2n) is 4.32. The van der Waals surface area contributed by atoms with E-state index in [2.05, 4.69) is 19.1 Å². The zero-order valence-corrected chi connectivity index (χ0v) is 7.62. The van der Waals surface area contributed by atoms with Crippen LogP contribution < -0.4 is 0 Å². The molecular weight excluding hydrogens is 148 g/mol. The normalized spacial score (nSPS) is 45.8. The van der Waals surface area contributed by atoms with Gasteiger partial charge >= 0.3 is 0 Å². The number of hydrogen-bond donors (Lipinski definition) is 0. The van der Waals surface area contributed by atoms with Crippen LogP contribution in [0, 0.1) is 17.3 Å². The van der Waals surface area contributed by atoms with Crippen molar-refractivity contribution in [1.29, 1.82) is 0 Å². The molecule has 3 atom stereocenters. The smallest absolute Gasteiger partial charge is 0.127 e. The lowest BCUT2D eigenvalue weighted by Crippen LogP contribution is -2.33. The predicted molar refractivity (Wildman–Crippen MR) is 48.8 cm³/mol. The standard InChI is InChI=1S/C11H16O/c1-9-5-6-10-4-2-3-7-11(9,10)8-12/h2-3,8-10H,4-7H2,1H3/t9-,10+,11+/m1/s1. The summed E-state index contributed by atoms with van der Waals surface area (Å²) in [6, 6.07) is 0. The van der Waals surface area contributed by atoms with Crippen LogP contribution in [-0.2, 0) is 4.79 Å². The van der Waals surface area contributed by atoms with Crippen molar-refractivity contribution in [3.05, 3.63) is 12.2 Å². The molecule has 0 N–H and O–H groups in total. The SMILES string of the molecule is C[C@@H]1CC[C@@H]2CC=CC[C@@]21C=O. The number of hydrogen-bond acceptors (Lipinski definition) is 1. The summed E-state index contributed by atoms with van der Waals surface area (Å²) >= 11 is 0. The third-order valence-corrected chi connectivity index (χ3v) is 3.90. The zero-order valence-electron chi connectivity index (χ0n) is 7.62. The molecule has 0 aromatic heterocycles. The quantitative estimate of drug-likeness (QED) is 0.430. The van der Waals surface area contributed by atoms with Crippen LogP contribution in [0.4, 0.5) is 0 Å². The summed E-state index contributed by atoms with van der Waals surface area (Å²) in [4.78, 5) is 11.1. The molecule has 0 spiro atoms. The van der Waals surface area contributed by atoms with E-state index < -0.39 is 0 Å². The Morgan fingerprint density at radius 3 is 2.92 bits per heavy atom. The highest BCUT2D eigenvalue weighted by Crippen LogP contribution is 2.52. The monoisotopic (exact) mass is 164 g/mol. The largest absolute Gasteiger partial charge is 0.303 e. The average Bonchev–Trinajstić information content (AvgIpc) is 2.45. The molecule has 0 aromatic rings. The molecule has 2 aliphatic carbocycles. The Morgan fingerprint density at radius 2 is 2.25 bits per heavy atom. The fraction of sp³-hybridized carbons (Fsp3) is 0.727. The minimum absolute atomic E-state index is 0.0226. The van der Waals surface area contributed by atoms with Crippen molar-refractivity contribution in [3.8, 4) is 0 Å². The Labute approximate surface area is 73.8 Å². The van der Waals surface area contributed by atoms with Crippen molar-refractivity contribution >= 4 is 6.29 Å². The highest BCUT2D eigenvalue weighted by Gasteiger charge is 2.47. The molecule has 2 aliphatic rings. The maximum absolute atomic E-state index is 11.1. The van der Waals surface area contributed by atoms with Crippen molar-refractivity contribution < 1.29 is 4.79 Å². The fourth-order valence-electron chi connectivity index (χ4n) is 2.90. The molecule has 0 amide bonds. The fourth-order valence-corrected chi connectivity index (χ4v) is 2.90. The molecule has 2 rings (SSSR count). The van der Waals surface area contributed by atoms with Crippen LogP contribution >= 0.6 is 0 Å². The molecule has 0 saturated heterocycles. The highest BCUT2D eigenvalue weighted by atomic mass is 16.1. The van der Waals surface area contributed by atoms with Crippen molar-refractivity contribution in [3.63, 3.8) is 0 Å². The summed E-state index contributed by atoms with van der Waals surface area (Å²) in [7, 11) is 0. The van der Waals surface area contributed by atoms with Crippen LogP contribution in [0.25, 0.3) is 0 Å². The van der Waals surface area contributed by atoms with Crippen LogP contribution in [0.3, 0.4) is 0 Å². The Balaban J connectivity index is 2.32. The molecule has 0 heterocycles. The number of carbonyl (C=O) groups is 1. The van der Waals surface area contributed by atoms with E-state index in [1.54, 1.807) is 0 Å². The van der Waals surface area contributed by atoms with Gasteiger partial charge in [0, 0.05) is 5.41 Å². The number of rotatable bonds is 1. The van der Waals surface area contributed by atoms with Crippen LogP contribution in [0.5, 0.6) is 0 Å².